The maximum absolute atomic E-state index is 4.05. The van der Waals surface area contributed by atoms with Gasteiger partial charge in [0.1, 0.15) is 0 Å². The highest BCUT2D eigenvalue weighted by molar-refractivity contribution is 5.81. The third-order valence-corrected chi connectivity index (χ3v) is 3.75. The first-order chi connectivity index (χ1) is 9.63. The maximum atomic E-state index is 4.05. The van der Waals surface area contributed by atoms with Crippen LogP contribution in [0.15, 0.2) is 36.5 Å². The van der Waals surface area contributed by atoms with Crippen LogP contribution in [0.3, 0.4) is 0 Å². The lowest BCUT2D eigenvalue weighted by Crippen LogP contribution is -2.04. The lowest BCUT2D eigenvalue weighted by atomic mass is 10.00. The van der Waals surface area contributed by atoms with Crippen LogP contribution in [0.1, 0.15) is 22.3 Å². The number of nitrogens with one attached hydrogen (secondary N) is 2. The predicted octanol–water partition coefficient (Wildman–Crippen LogP) is 4.10. The normalized spacial score (nSPS) is 10.9. The Labute approximate surface area is 119 Å². The Morgan fingerprint density at radius 2 is 1.80 bits per heavy atom. The molecule has 2 N–H and O–H groups in total. The molecule has 3 rings (SSSR count). The van der Waals surface area contributed by atoms with E-state index in [-0.39, 0.29) is 0 Å². The summed E-state index contributed by atoms with van der Waals surface area (Å²) in [5.41, 5.74) is 7.58. The fourth-order valence-corrected chi connectivity index (χ4v) is 2.73. The molecular formula is C17H19N3. The molecule has 0 bridgehead atoms. The van der Waals surface area contributed by atoms with E-state index in [0.717, 1.165) is 23.1 Å². The molecule has 3 nitrogen and oxygen atoms in total. The first kappa shape index (κ1) is 12.7. The van der Waals surface area contributed by atoms with E-state index in [2.05, 4.69) is 66.6 Å². The Morgan fingerprint density at radius 1 is 1.05 bits per heavy atom. The van der Waals surface area contributed by atoms with E-state index >= 15 is 0 Å². The van der Waals surface area contributed by atoms with Gasteiger partial charge in [0, 0.05) is 17.6 Å². The summed E-state index contributed by atoms with van der Waals surface area (Å²) < 4.78 is 0. The van der Waals surface area contributed by atoms with Gasteiger partial charge in [-0.15, -0.1) is 0 Å². The van der Waals surface area contributed by atoms with Gasteiger partial charge in [-0.2, -0.15) is 5.10 Å². The van der Waals surface area contributed by atoms with Crippen LogP contribution < -0.4 is 5.32 Å². The van der Waals surface area contributed by atoms with Crippen molar-refractivity contribution in [1.29, 1.82) is 0 Å². The molecule has 0 saturated heterocycles. The van der Waals surface area contributed by atoms with E-state index in [4.69, 9.17) is 0 Å². The van der Waals surface area contributed by atoms with E-state index in [0.29, 0.717) is 0 Å². The number of benzene rings is 2. The Bertz CT molecular complexity index is 733. The summed E-state index contributed by atoms with van der Waals surface area (Å²) in [6, 6.07) is 10.7. The lowest BCUT2D eigenvalue weighted by Gasteiger charge is -2.13. The van der Waals surface area contributed by atoms with Gasteiger partial charge in [0.15, 0.2) is 0 Å². The van der Waals surface area contributed by atoms with Crippen LogP contribution >= 0.6 is 0 Å². The first-order valence-electron chi connectivity index (χ1n) is 6.87. The fourth-order valence-electron chi connectivity index (χ4n) is 2.73. The Kier molecular flexibility index (Phi) is 3.18. The minimum Gasteiger partial charge on any atom is -0.381 e. The highest BCUT2D eigenvalue weighted by atomic mass is 15.1. The van der Waals surface area contributed by atoms with Crippen molar-refractivity contribution in [3.05, 3.63) is 58.8 Å². The molecule has 0 radical (unpaired) electrons. The smallest absolute Gasteiger partial charge is 0.0651 e. The highest BCUT2D eigenvalue weighted by Crippen LogP contribution is 2.20. The van der Waals surface area contributed by atoms with E-state index in [1.807, 2.05) is 6.20 Å². The van der Waals surface area contributed by atoms with Crippen LogP contribution in [0.2, 0.25) is 0 Å². The fraction of sp³-hybridized carbons (Fsp3) is 0.235. The minimum absolute atomic E-state index is 0.849. The van der Waals surface area contributed by atoms with Crippen LogP contribution in [0.4, 0.5) is 5.69 Å². The molecule has 0 aliphatic heterocycles. The van der Waals surface area contributed by atoms with Crippen molar-refractivity contribution < 1.29 is 0 Å². The molecule has 0 aliphatic carbocycles. The quantitative estimate of drug-likeness (QED) is 0.748. The number of anilines is 1. The number of aromatic amines is 1. The zero-order valence-corrected chi connectivity index (χ0v) is 12.1. The van der Waals surface area contributed by atoms with Crippen LogP contribution in [-0.2, 0) is 6.54 Å². The summed E-state index contributed by atoms with van der Waals surface area (Å²) in [7, 11) is 0. The molecule has 0 saturated carbocycles. The van der Waals surface area contributed by atoms with E-state index < -0.39 is 0 Å². The van der Waals surface area contributed by atoms with Gasteiger partial charge in [-0.1, -0.05) is 17.7 Å². The summed E-state index contributed by atoms with van der Waals surface area (Å²) >= 11 is 0. The van der Waals surface area contributed by atoms with Crippen LogP contribution in [0.25, 0.3) is 10.9 Å². The average molecular weight is 265 g/mol. The predicted molar refractivity (Wildman–Crippen MR) is 84.1 cm³/mol. The van der Waals surface area contributed by atoms with Crippen molar-refractivity contribution in [2.75, 3.05) is 5.32 Å². The molecular weight excluding hydrogens is 246 g/mol. The van der Waals surface area contributed by atoms with Crippen LogP contribution in [0, 0.1) is 20.8 Å². The van der Waals surface area contributed by atoms with E-state index in [9.17, 15) is 0 Å². The molecule has 1 aromatic heterocycles. The first-order valence-corrected chi connectivity index (χ1v) is 6.87. The number of aryl methyl sites for hydroxylation is 3. The number of nitrogens with zero attached hydrogens (tertiary/aromatic N) is 1. The second-order valence-corrected chi connectivity index (χ2v) is 5.40. The molecule has 3 heteroatoms. The standard InChI is InChI=1S/C17H19N3/c1-11-6-12(2)16(13(3)7-11)10-18-15-4-5-17-14(8-15)9-19-20-17/h4-9,18H,10H2,1-3H3,(H,19,20). The van der Waals surface area contributed by atoms with Crippen LogP contribution in [0.5, 0.6) is 0 Å². The molecule has 0 amide bonds. The van der Waals surface area contributed by atoms with Gasteiger partial charge in [0.25, 0.3) is 0 Å². The van der Waals surface area contributed by atoms with E-state index in [1.54, 1.807) is 0 Å². The topological polar surface area (TPSA) is 40.7 Å². The van der Waals surface area contributed by atoms with Crippen molar-refractivity contribution >= 4 is 16.6 Å². The molecule has 102 valence electrons. The molecule has 2 aromatic carbocycles. The Balaban J connectivity index is 1.82. The molecule has 3 aromatic rings. The highest BCUT2D eigenvalue weighted by Gasteiger charge is 2.04. The Morgan fingerprint density at radius 3 is 2.55 bits per heavy atom. The zero-order valence-electron chi connectivity index (χ0n) is 12.1. The van der Waals surface area contributed by atoms with Gasteiger partial charge in [-0.05, 0) is 55.7 Å². The van der Waals surface area contributed by atoms with Gasteiger partial charge in [-0.25, -0.2) is 0 Å². The molecule has 0 spiro atoms. The summed E-state index contributed by atoms with van der Waals surface area (Å²) in [5.74, 6) is 0. The van der Waals surface area contributed by atoms with Gasteiger partial charge >= 0.3 is 0 Å². The van der Waals surface area contributed by atoms with Crippen molar-refractivity contribution in [2.24, 2.45) is 0 Å². The van der Waals surface area contributed by atoms with Crippen molar-refractivity contribution in [3.8, 4) is 0 Å². The largest absolute Gasteiger partial charge is 0.381 e. The van der Waals surface area contributed by atoms with Crippen molar-refractivity contribution in [1.82, 2.24) is 10.2 Å². The molecule has 0 fully saturated rings. The van der Waals surface area contributed by atoms with Gasteiger partial charge in [0.05, 0.1) is 11.7 Å². The third-order valence-electron chi connectivity index (χ3n) is 3.75. The summed E-state index contributed by atoms with van der Waals surface area (Å²) in [4.78, 5) is 0. The van der Waals surface area contributed by atoms with Crippen LogP contribution in [-0.4, -0.2) is 10.2 Å². The summed E-state index contributed by atoms with van der Waals surface area (Å²) in [5, 5.41) is 11.6. The number of aromatic nitrogens is 2. The molecule has 0 aliphatic rings. The van der Waals surface area contributed by atoms with Gasteiger partial charge < -0.3 is 5.32 Å². The summed E-state index contributed by atoms with van der Waals surface area (Å²) in [6.45, 7) is 7.35. The summed E-state index contributed by atoms with van der Waals surface area (Å²) in [6.07, 6.45) is 1.85. The molecule has 0 unspecified atom stereocenters. The molecule has 0 atom stereocenters. The maximum Gasteiger partial charge on any atom is 0.0651 e. The van der Waals surface area contributed by atoms with E-state index in [1.165, 1.54) is 22.3 Å². The number of fused-ring (bicyclic) bond motifs is 1. The second-order valence-electron chi connectivity index (χ2n) is 5.40. The molecule has 20 heavy (non-hydrogen) atoms. The van der Waals surface area contributed by atoms with Crippen molar-refractivity contribution in [3.63, 3.8) is 0 Å². The lowest BCUT2D eigenvalue weighted by molar-refractivity contribution is 1.08. The number of hydrogen-bond donors (Lipinski definition) is 2. The number of H-pyrrole nitrogens is 1. The second kappa shape index (κ2) is 5.00. The van der Waals surface area contributed by atoms with Gasteiger partial charge in [-0.3, -0.25) is 5.10 Å². The third kappa shape index (κ3) is 2.39. The SMILES string of the molecule is Cc1cc(C)c(CNc2ccc3[nH]ncc3c2)c(C)c1. The monoisotopic (exact) mass is 265 g/mol. The molecule has 1 heterocycles. The number of rotatable bonds is 3. The number of hydrogen-bond acceptors (Lipinski definition) is 2. The average Bonchev–Trinajstić information content (AvgIpc) is 2.84. The van der Waals surface area contributed by atoms with Crippen molar-refractivity contribution in [2.45, 2.75) is 27.3 Å². The minimum atomic E-state index is 0.849. The van der Waals surface area contributed by atoms with Gasteiger partial charge in [0.2, 0.25) is 0 Å². The zero-order chi connectivity index (χ0) is 14.1. The Hall–Kier alpha value is -2.29.